The molecule has 0 aliphatic carbocycles. The van der Waals surface area contributed by atoms with Gasteiger partial charge in [-0.05, 0) is 33.3 Å². The summed E-state index contributed by atoms with van der Waals surface area (Å²) in [6.45, 7) is 5.40. The summed E-state index contributed by atoms with van der Waals surface area (Å²) >= 11 is 0. The second-order valence-corrected chi connectivity index (χ2v) is 9.19. The molecule has 3 amide bonds. The zero-order valence-electron chi connectivity index (χ0n) is 19.2. The number of imide groups is 1. The van der Waals surface area contributed by atoms with Crippen LogP contribution < -0.4 is 15.5 Å². The Bertz CT molecular complexity index is 1000. The molecule has 1 unspecified atom stereocenters. The minimum absolute atomic E-state index is 0.0915. The number of anilines is 1. The molecule has 2 saturated heterocycles. The Morgan fingerprint density at radius 2 is 1.85 bits per heavy atom. The summed E-state index contributed by atoms with van der Waals surface area (Å²) in [4.78, 5) is 50.0. The third kappa shape index (κ3) is 5.79. The fourth-order valence-electron chi connectivity index (χ4n) is 3.85. The van der Waals surface area contributed by atoms with Crippen molar-refractivity contribution in [1.29, 1.82) is 0 Å². The van der Waals surface area contributed by atoms with Crippen LogP contribution in [0.1, 0.15) is 49.5 Å². The molecule has 1 aromatic carbocycles. The summed E-state index contributed by atoms with van der Waals surface area (Å²) in [6, 6.07) is -0.0627. The third-order valence-electron chi connectivity index (χ3n) is 5.54. The third-order valence-corrected chi connectivity index (χ3v) is 5.54. The number of carboxylic acid groups (broad SMARTS) is 1. The van der Waals surface area contributed by atoms with Gasteiger partial charge in [0.2, 0.25) is 11.8 Å². The number of rotatable bonds is 5. The van der Waals surface area contributed by atoms with Crippen molar-refractivity contribution < 1.29 is 37.8 Å². The first-order chi connectivity index (χ1) is 15.9. The number of nitrogens with one attached hydrogen (secondary N) is 2. The van der Waals surface area contributed by atoms with Gasteiger partial charge in [0.1, 0.15) is 17.1 Å². The number of carbonyl (C=O) groups is 4. The molecule has 0 radical (unpaired) electrons. The van der Waals surface area contributed by atoms with Crippen LogP contribution in [0.25, 0.3) is 0 Å². The van der Waals surface area contributed by atoms with Crippen molar-refractivity contribution in [2.24, 2.45) is 0 Å². The van der Waals surface area contributed by atoms with Gasteiger partial charge in [0.25, 0.3) is 0 Å². The van der Waals surface area contributed by atoms with E-state index in [-0.39, 0.29) is 51.1 Å². The number of amides is 3. The lowest BCUT2D eigenvalue weighted by Gasteiger charge is -2.37. The maximum Gasteiger partial charge on any atom is 0.410 e. The molecule has 186 valence electrons. The largest absolute Gasteiger partial charge is 0.478 e. The molecular weight excluding hydrogens is 454 g/mol. The zero-order valence-corrected chi connectivity index (χ0v) is 19.2. The molecule has 3 N–H and O–H groups in total. The zero-order chi connectivity index (χ0) is 25.2. The monoisotopic (exact) mass is 482 g/mol. The van der Waals surface area contributed by atoms with Crippen LogP contribution in [0, 0.1) is 11.6 Å². The van der Waals surface area contributed by atoms with Gasteiger partial charge in [-0.1, -0.05) is 0 Å². The van der Waals surface area contributed by atoms with Gasteiger partial charge in [0, 0.05) is 44.7 Å². The lowest BCUT2D eigenvalue weighted by molar-refractivity contribution is -0.134. The molecule has 3 rings (SSSR count). The standard InChI is InChI=1S/C22H28F2N4O6/c1-22(2,3)34-21(33)28-8-6-27(7-9-28)18-14(23)10-12(20(31)32)13(17(18)24)11-25-15-4-5-16(29)26-19(15)30/h10,15,25H,4-9,11H2,1-3H3,(H,31,32)(H,26,29,30). The van der Waals surface area contributed by atoms with E-state index in [4.69, 9.17) is 4.74 Å². The first-order valence-corrected chi connectivity index (χ1v) is 10.9. The lowest BCUT2D eigenvalue weighted by atomic mass is 10.0. The molecule has 0 spiro atoms. The van der Waals surface area contributed by atoms with Gasteiger partial charge in [0.15, 0.2) is 5.82 Å². The number of nitrogens with zero attached hydrogens (tertiary/aromatic N) is 2. The molecule has 2 aliphatic rings. The van der Waals surface area contributed by atoms with Gasteiger partial charge < -0.3 is 25.0 Å². The van der Waals surface area contributed by atoms with Crippen molar-refractivity contribution in [3.05, 3.63) is 28.8 Å². The van der Waals surface area contributed by atoms with Gasteiger partial charge in [0.05, 0.1) is 11.6 Å². The molecule has 2 heterocycles. The number of hydrogen-bond donors (Lipinski definition) is 3. The van der Waals surface area contributed by atoms with Crippen LogP contribution in [0.5, 0.6) is 0 Å². The number of piperidine rings is 1. The summed E-state index contributed by atoms with van der Waals surface area (Å²) in [5.41, 5.74) is -1.94. The smallest absolute Gasteiger partial charge is 0.410 e. The molecule has 2 fully saturated rings. The summed E-state index contributed by atoms with van der Waals surface area (Å²) < 4.78 is 35.7. The van der Waals surface area contributed by atoms with E-state index >= 15 is 4.39 Å². The molecule has 0 saturated carbocycles. The maximum atomic E-state index is 15.5. The number of ether oxygens (including phenoxy) is 1. The average Bonchev–Trinajstić information content (AvgIpc) is 2.73. The number of halogens is 2. The quantitative estimate of drug-likeness (QED) is 0.540. The molecule has 1 atom stereocenters. The lowest BCUT2D eigenvalue weighted by Crippen LogP contribution is -2.51. The van der Waals surface area contributed by atoms with Crippen LogP contribution in [0.4, 0.5) is 19.3 Å². The number of aromatic carboxylic acids is 1. The summed E-state index contributed by atoms with van der Waals surface area (Å²) in [5.74, 6) is -4.61. The van der Waals surface area contributed by atoms with Crippen molar-refractivity contribution in [1.82, 2.24) is 15.5 Å². The highest BCUT2D eigenvalue weighted by molar-refractivity contribution is 6.00. The molecule has 34 heavy (non-hydrogen) atoms. The fraction of sp³-hybridized carbons (Fsp3) is 0.545. The molecule has 2 aliphatic heterocycles. The minimum Gasteiger partial charge on any atom is -0.478 e. The Balaban J connectivity index is 1.78. The highest BCUT2D eigenvalue weighted by Gasteiger charge is 2.32. The van der Waals surface area contributed by atoms with E-state index in [9.17, 15) is 28.7 Å². The van der Waals surface area contributed by atoms with Gasteiger partial charge in [-0.3, -0.25) is 14.9 Å². The Hall–Kier alpha value is -3.28. The van der Waals surface area contributed by atoms with Crippen molar-refractivity contribution >= 4 is 29.6 Å². The van der Waals surface area contributed by atoms with E-state index in [0.717, 1.165) is 6.07 Å². The summed E-state index contributed by atoms with van der Waals surface area (Å²) in [6.07, 6.45) is -0.257. The summed E-state index contributed by atoms with van der Waals surface area (Å²) in [5, 5.41) is 14.4. The fourth-order valence-corrected chi connectivity index (χ4v) is 3.85. The van der Waals surface area contributed by atoms with Crippen molar-refractivity contribution in [2.75, 3.05) is 31.1 Å². The SMILES string of the molecule is CC(C)(C)OC(=O)N1CCN(c2c(F)cc(C(=O)O)c(CNC3CCC(=O)NC3=O)c2F)CC1. The van der Waals surface area contributed by atoms with Crippen LogP contribution in [0.15, 0.2) is 6.07 Å². The van der Waals surface area contributed by atoms with Crippen molar-refractivity contribution in [3.63, 3.8) is 0 Å². The predicted molar refractivity (Wildman–Crippen MR) is 116 cm³/mol. The first-order valence-electron chi connectivity index (χ1n) is 10.9. The Labute approximate surface area is 195 Å². The normalized spacial score (nSPS) is 19.1. The molecule has 1 aromatic rings. The Kier molecular flexibility index (Phi) is 7.39. The van der Waals surface area contributed by atoms with Crippen LogP contribution in [0.3, 0.4) is 0 Å². The van der Waals surface area contributed by atoms with E-state index in [1.54, 1.807) is 20.8 Å². The molecule has 0 bridgehead atoms. The van der Waals surface area contributed by atoms with E-state index in [2.05, 4.69) is 10.6 Å². The average molecular weight is 482 g/mol. The number of hydrogen-bond acceptors (Lipinski definition) is 7. The molecule has 10 nitrogen and oxygen atoms in total. The maximum absolute atomic E-state index is 15.5. The van der Waals surface area contributed by atoms with Crippen molar-refractivity contribution in [3.8, 4) is 0 Å². The van der Waals surface area contributed by atoms with Gasteiger partial charge in [-0.2, -0.15) is 0 Å². The highest BCUT2D eigenvalue weighted by Crippen LogP contribution is 2.30. The summed E-state index contributed by atoms with van der Waals surface area (Å²) in [7, 11) is 0. The van der Waals surface area contributed by atoms with Crippen LogP contribution in [-0.4, -0.2) is 71.7 Å². The van der Waals surface area contributed by atoms with E-state index in [1.165, 1.54) is 9.80 Å². The van der Waals surface area contributed by atoms with Gasteiger partial charge in [-0.25, -0.2) is 18.4 Å². The van der Waals surface area contributed by atoms with E-state index < -0.39 is 58.4 Å². The number of carbonyl (C=O) groups excluding carboxylic acids is 3. The number of piperazine rings is 1. The predicted octanol–water partition coefficient (Wildman–Crippen LogP) is 1.61. The number of benzene rings is 1. The topological polar surface area (TPSA) is 128 Å². The van der Waals surface area contributed by atoms with Crippen LogP contribution in [0.2, 0.25) is 0 Å². The second-order valence-electron chi connectivity index (χ2n) is 9.19. The Morgan fingerprint density at radius 1 is 1.21 bits per heavy atom. The van der Waals surface area contributed by atoms with Gasteiger partial charge in [-0.15, -0.1) is 0 Å². The van der Waals surface area contributed by atoms with Crippen LogP contribution >= 0.6 is 0 Å². The minimum atomic E-state index is -1.51. The molecule has 12 heteroatoms. The van der Waals surface area contributed by atoms with Gasteiger partial charge >= 0.3 is 12.1 Å². The second kappa shape index (κ2) is 9.92. The van der Waals surface area contributed by atoms with Crippen LogP contribution in [-0.2, 0) is 20.9 Å². The number of carboxylic acids is 1. The highest BCUT2D eigenvalue weighted by atomic mass is 19.1. The first kappa shape index (κ1) is 25.3. The van der Waals surface area contributed by atoms with Crippen molar-refractivity contribution in [2.45, 2.75) is 51.8 Å². The van der Waals surface area contributed by atoms with E-state index in [0.29, 0.717) is 0 Å². The Morgan fingerprint density at radius 3 is 2.41 bits per heavy atom. The molecular formula is C22H28F2N4O6. The van der Waals surface area contributed by atoms with E-state index in [1.807, 2.05) is 0 Å². The molecule has 0 aromatic heterocycles.